The molecule has 1 heterocycles. The van der Waals surface area contributed by atoms with Gasteiger partial charge >= 0.3 is 0 Å². The van der Waals surface area contributed by atoms with E-state index in [1.165, 1.54) is 0 Å². The molecule has 0 saturated carbocycles. The van der Waals surface area contributed by atoms with Crippen molar-refractivity contribution < 1.29 is 9.53 Å². The minimum Gasteiger partial charge on any atom is -0.385 e. The Hall–Kier alpha value is -1.39. The van der Waals surface area contributed by atoms with Crippen LogP contribution in [0.2, 0.25) is 0 Å². The Balaban J connectivity index is 2.12. The number of hydrogen-bond donors (Lipinski definition) is 1. The van der Waals surface area contributed by atoms with E-state index >= 15 is 0 Å². The van der Waals surface area contributed by atoms with Crippen LogP contribution in [0.5, 0.6) is 0 Å². The maximum Gasteiger partial charge on any atom is 0.241 e. The molecule has 2 rings (SSSR count). The summed E-state index contributed by atoms with van der Waals surface area (Å²) < 4.78 is 5.09. The zero-order valence-corrected chi connectivity index (χ0v) is 12.3. The highest BCUT2D eigenvalue weighted by Gasteiger charge is 2.38. The molecule has 0 aliphatic carbocycles. The summed E-state index contributed by atoms with van der Waals surface area (Å²) in [6.07, 6.45) is 2.77. The fraction of sp³-hybridized carbons (Fsp3) is 0.562. The van der Waals surface area contributed by atoms with Crippen LogP contribution in [0.1, 0.15) is 37.9 Å². The van der Waals surface area contributed by atoms with E-state index in [1.54, 1.807) is 7.11 Å². The summed E-state index contributed by atoms with van der Waals surface area (Å²) in [4.78, 5) is 14.4. The highest BCUT2D eigenvalue weighted by Crippen LogP contribution is 2.26. The average Bonchev–Trinajstić information content (AvgIpc) is 2.78. The molecule has 1 aromatic rings. The van der Waals surface area contributed by atoms with E-state index in [-0.39, 0.29) is 18.1 Å². The van der Waals surface area contributed by atoms with E-state index in [1.807, 2.05) is 23.1 Å². The number of rotatable bonds is 7. The Kier molecular flexibility index (Phi) is 5.56. The van der Waals surface area contributed by atoms with E-state index in [0.717, 1.165) is 31.4 Å². The Bertz CT molecular complexity index is 422. The standard InChI is InChI=1S/C16H24N2O2/c1-3-8-14-16(19)18(11-7-12-20-2)15(17-14)13-9-5-4-6-10-13/h4-6,9-10,14-15,17H,3,7-8,11-12H2,1-2H3. The summed E-state index contributed by atoms with van der Waals surface area (Å²) in [5.74, 6) is 0.219. The first-order valence-corrected chi connectivity index (χ1v) is 7.38. The van der Waals surface area contributed by atoms with Gasteiger partial charge in [0.1, 0.15) is 6.17 Å². The smallest absolute Gasteiger partial charge is 0.241 e. The van der Waals surface area contributed by atoms with Gasteiger partial charge in [-0.25, -0.2) is 0 Å². The van der Waals surface area contributed by atoms with E-state index in [4.69, 9.17) is 4.74 Å². The van der Waals surface area contributed by atoms with Crippen molar-refractivity contribution in [3.63, 3.8) is 0 Å². The van der Waals surface area contributed by atoms with Crippen LogP contribution in [0.25, 0.3) is 0 Å². The first-order valence-electron chi connectivity index (χ1n) is 7.38. The van der Waals surface area contributed by atoms with E-state index in [0.29, 0.717) is 6.61 Å². The molecular weight excluding hydrogens is 252 g/mol. The van der Waals surface area contributed by atoms with Crippen LogP contribution < -0.4 is 5.32 Å². The van der Waals surface area contributed by atoms with Crippen molar-refractivity contribution in [3.8, 4) is 0 Å². The van der Waals surface area contributed by atoms with Gasteiger partial charge in [0.25, 0.3) is 0 Å². The number of carbonyl (C=O) groups is 1. The van der Waals surface area contributed by atoms with E-state index in [9.17, 15) is 4.79 Å². The fourth-order valence-electron chi connectivity index (χ4n) is 2.70. The zero-order chi connectivity index (χ0) is 14.4. The van der Waals surface area contributed by atoms with Crippen LogP contribution in [-0.4, -0.2) is 37.1 Å². The second-order valence-corrected chi connectivity index (χ2v) is 5.20. The van der Waals surface area contributed by atoms with Crippen molar-refractivity contribution in [2.24, 2.45) is 0 Å². The summed E-state index contributed by atoms with van der Waals surface area (Å²) in [6.45, 7) is 3.53. The van der Waals surface area contributed by atoms with Crippen LogP contribution >= 0.6 is 0 Å². The molecule has 1 aromatic carbocycles. The molecule has 0 bridgehead atoms. The zero-order valence-electron chi connectivity index (χ0n) is 12.3. The number of methoxy groups -OCH3 is 1. The molecule has 1 saturated heterocycles. The molecular formula is C16H24N2O2. The molecule has 1 fully saturated rings. The van der Waals surface area contributed by atoms with Crippen LogP contribution in [0.15, 0.2) is 30.3 Å². The lowest BCUT2D eigenvalue weighted by atomic mass is 10.1. The van der Waals surface area contributed by atoms with Crippen molar-refractivity contribution in [2.75, 3.05) is 20.3 Å². The maximum absolute atomic E-state index is 12.5. The Morgan fingerprint density at radius 1 is 1.30 bits per heavy atom. The summed E-state index contributed by atoms with van der Waals surface area (Å²) >= 11 is 0. The van der Waals surface area contributed by atoms with Gasteiger partial charge in [-0.2, -0.15) is 0 Å². The first-order chi connectivity index (χ1) is 9.77. The number of nitrogens with zero attached hydrogens (tertiary/aromatic N) is 1. The SMILES string of the molecule is CCCC1NC(c2ccccc2)N(CCCOC)C1=O. The lowest BCUT2D eigenvalue weighted by Gasteiger charge is -2.24. The van der Waals surface area contributed by atoms with Crippen LogP contribution in [0.4, 0.5) is 0 Å². The molecule has 1 amide bonds. The summed E-state index contributed by atoms with van der Waals surface area (Å²) in [6, 6.07) is 10.1. The molecule has 2 atom stereocenters. The van der Waals surface area contributed by atoms with E-state index in [2.05, 4.69) is 24.4 Å². The minimum atomic E-state index is -0.0484. The number of nitrogens with one attached hydrogen (secondary N) is 1. The highest BCUT2D eigenvalue weighted by molar-refractivity contribution is 5.84. The molecule has 110 valence electrons. The van der Waals surface area contributed by atoms with Gasteiger partial charge in [0.15, 0.2) is 0 Å². The monoisotopic (exact) mass is 276 g/mol. The van der Waals surface area contributed by atoms with Gasteiger partial charge in [-0.15, -0.1) is 0 Å². The normalized spacial score (nSPS) is 22.5. The van der Waals surface area contributed by atoms with Gasteiger partial charge in [0.05, 0.1) is 6.04 Å². The van der Waals surface area contributed by atoms with Gasteiger partial charge in [-0.1, -0.05) is 43.7 Å². The Morgan fingerprint density at radius 2 is 2.05 bits per heavy atom. The second-order valence-electron chi connectivity index (χ2n) is 5.20. The van der Waals surface area contributed by atoms with Gasteiger partial charge < -0.3 is 9.64 Å². The van der Waals surface area contributed by atoms with Crippen LogP contribution in [0.3, 0.4) is 0 Å². The molecule has 1 N–H and O–H groups in total. The topological polar surface area (TPSA) is 41.6 Å². The van der Waals surface area contributed by atoms with Crippen LogP contribution in [0, 0.1) is 0 Å². The van der Waals surface area contributed by atoms with E-state index < -0.39 is 0 Å². The average molecular weight is 276 g/mol. The molecule has 1 aliphatic heterocycles. The third kappa shape index (κ3) is 3.38. The summed E-state index contributed by atoms with van der Waals surface area (Å²) in [7, 11) is 1.69. The van der Waals surface area contributed by atoms with Crippen molar-refractivity contribution in [2.45, 2.75) is 38.4 Å². The molecule has 4 heteroatoms. The molecule has 2 unspecified atom stereocenters. The van der Waals surface area contributed by atoms with Crippen molar-refractivity contribution in [1.82, 2.24) is 10.2 Å². The predicted octanol–water partition coefficient (Wildman–Crippen LogP) is 2.32. The minimum absolute atomic E-state index is 0.00268. The number of carbonyl (C=O) groups excluding carboxylic acids is 1. The third-order valence-corrected chi connectivity index (χ3v) is 3.69. The largest absolute Gasteiger partial charge is 0.385 e. The van der Waals surface area contributed by atoms with Crippen molar-refractivity contribution >= 4 is 5.91 Å². The molecule has 20 heavy (non-hydrogen) atoms. The van der Waals surface area contributed by atoms with Gasteiger partial charge in [-0.05, 0) is 18.4 Å². The van der Waals surface area contributed by atoms with Crippen LogP contribution in [-0.2, 0) is 9.53 Å². The predicted molar refractivity (Wildman–Crippen MR) is 79.2 cm³/mol. The lowest BCUT2D eigenvalue weighted by molar-refractivity contribution is -0.130. The quantitative estimate of drug-likeness (QED) is 0.777. The third-order valence-electron chi connectivity index (χ3n) is 3.69. The Labute approximate surface area is 121 Å². The number of hydrogen-bond acceptors (Lipinski definition) is 3. The van der Waals surface area contributed by atoms with Crippen molar-refractivity contribution in [3.05, 3.63) is 35.9 Å². The summed E-state index contributed by atoms with van der Waals surface area (Å²) in [5, 5.41) is 3.47. The summed E-state index contributed by atoms with van der Waals surface area (Å²) in [5.41, 5.74) is 1.15. The van der Waals surface area contributed by atoms with Gasteiger partial charge in [-0.3, -0.25) is 10.1 Å². The lowest BCUT2D eigenvalue weighted by Crippen LogP contribution is -2.32. The Morgan fingerprint density at radius 3 is 2.70 bits per heavy atom. The molecule has 1 aliphatic rings. The number of amides is 1. The maximum atomic E-state index is 12.5. The molecule has 4 nitrogen and oxygen atoms in total. The molecule has 0 radical (unpaired) electrons. The number of ether oxygens (including phenoxy) is 1. The van der Waals surface area contributed by atoms with Gasteiger partial charge in [0.2, 0.25) is 5.91 Å². The molecule has 0 spiro atoms. The highest BCUT2D eigenvalue weighted by atomic mass is 16.5. The fourth-order valence-corrected chi connectivity index (χ4v) is 2.70. The number of benzene rings is 1. The first kappa shape index (κ1) is 15.0. The second kappa shape index (κ2) is 7.41. The van der Waals surface area contributed by atoms with Crippen molar-refractivity contribution in [1.29, 1.82) is 0 Å². The van der Waals surface area contributed by atoms with Gasteiger partial charge in [0, 0.05) is 20.3 Å². The molecule has 0 aromatic heterocycles.